The largest absolute Gasteiger partial charge is 0.496 e. The van der Waals surface area contributed by atoms with Gasteiger partial charge in [-0.05, 0) is 30.7 Å². The minimum atomic E-state index is -0.940. The first-order valence-corrected chi connectivity index (χ1v) is 8.90. The number of carbonyl (C=O) groups excluding carboxylic acids is 1. The lowest BCUT2D eigenvalue weighted by molar-refractivity contribution is 0.129. The standard InChI is InChI=1S/C19H21Cl2NO4/c1-3-26-19(24)22-11-14(12-8-9-15(20)16(21)10-12)18(23)13-6-4-5-7-17(13)25-2/h4-10,14,18,23H,3,11H2,1-2H3,(H,22,24). The molecule has 0 saturated carbocycles. The summed E-state index contributed by atoms with van der Waals surface area (Å²) in [5.41, 5.74) is 1.34. The van der Waals surface area contributed by atoms with E-state index in [2.05, 4.69) is 5.32 Å². The molecule has 0 radical (unpaired) electrons. The lowest BCUT2D eigenvalue weighted by Crippen LogP contribution is -2.31. The molecule has 2 N–H and O–H groups in total. The fourth-order valence-electron chi connectivity index (χ4n) is 2.66. The molecule has 0 bridgehead atoms. The van der Waals surface area contributed by atoms with E-state index in [9.17, 15) is 9.90 Å². The fourth-order valence-corrected chi connectivity index (χ4v) is 2.96. The summed E-state index contributed by atoms with van der Waals surface area (Å²) in [7, 11) is 1.54. The van der Waals surface area contributed by atoms with Crippen LogP contribution in [0.15, 0.2) is 42.5 Å². The summed E-state index contributed by atoms with van der Waals surface area (Å²) in [6, 6.07) is 12.3. The van der Waals surface area contributed by atoms with Gasteiger partial charge < -0.3 is 19.9 Å². The molecule has 7 heteroatoms. The maximum atomic E-state index is 11.7. The summed E-state index contributed by atoms with van der Waals surface area (Å²) < 4.78 is 10.2. The average Bonchev–Trinajstić information content (AvgIpc) is 2.64. The van der Waals surface area contributed by atoms with Crippen LogP contribution in [0, 0.1) is 0 Å². The Morgan fingerprint density at radius 2 is 1.92 bits per heavy atom. The number of ether oxygens (including phenoxy) is 2. The van der Waals surface area contributed by atoms with E-state index in [4.69, 9.17) is 32.7 Å². The molecule has 5 nitrogen and oxygen atoms in total. The van der Waals surface area contributed by atoms with Crippen LogP contribution >= 0.6 is 23.2 Å². The van der Waals surface area contributed by atoms with Crippen LogP contribution in [-0.4, -0.2) is 31.5 Å². The van der Waals surface area contributed by atoms with E-state index in [-0.39, 0.29) is 13.2 Å². The highest BCUT2D eigenvalue weighted by atomic mass is 35.5. The summed E-state index contributed by atoms with van der Waals surface area (Å²) in [6.45, 7) is 2.13. The molecule has 2 aromatic carbocycles. The first kappa shape index (κ1) is 20.4. The van der Waals surface area contributed by atoms with Gasteiger partial charge >= 0.3 is 6.09 Å². The van der Waals surface area contributed by atoms with Crippen molar-refractivity contribution in [2.75, 3.05) is 20.3 Å². The molecule has 26 heavy (non-hydrogen) atoms. The predicted molar refractivity (Wildman–Crippen MR) is 102 cm³/mol. The second kappa shape index (κ2) is 9.67. The van der Waals surface area contributed by atoms with Gasteiger partial charge in [0, 0.05) is 18.0 Å². The molecular formula is C19H21Cl2NO4. The SMILES string of the molecule is CCOC(=O)NCC(c1ccc(Cl)c(Cl)c1)C(O)c1ccccc1OC. The summed E-state index contributed by atoms with van der Waals surface area (Å²) in [5, 5.41) is 14.5. The molecule has 2 atom stereocenters. The van der Waals surface area contributed by atoms with Crippen molar-refractivity contribution in [3.8, 4) is 5.75 Å². The van der Waals surface area contributed by atoms with E-state index in [1.165, 1.54) is 7.11 Å². The van der Waals surface area contributed by atoms with Crippen molar-refractivity contribution >= 4 is 29.3 Å². The van der Waals surface area contributed by atoms with E-state index >= 15 is 0 Å². The van der Waals surface area contributed by atoms with E-state index in [1.807, 2.05) is 12.1 Å². The molecule has 2 unspecified atom stereocenters. The smallest absolute Gasteiger partial charge is 0.407 e. The van der Waals surface area contributed by atoms with Crippen molar-refractivity contribution in [3.05, 3.63) is 63.6 Å². The Bertz CT molecular complexity index is 754. The van der Waals surface area contributed by atoms with Gasteiger partial charge in [0.1, 0.15) is 5.75 Å². The number of amides is 1. The minimum absolute atomic E-state index is 0.149. The Morgan fingerprint density at radius 3 is 2.58 bits per heavy atom. The lowest BCUT2D eigenvalue weighted by atomic mass is 9.88. The van der Waals surface area contributed by atoms with Gasteiger partial charge in [-0.15, -0.1) is 0 Å². The highest BCUT2D eigenvalue weighted by Gasteiger charge is 2.26. The van der Waals surface area contributed by atoms with Crippen molar-refractivity contribution < 1.29 is 19.4 Å². The number of benzene rings is 2. The Morgan fingerprint density at radius 1 is 1.19 bits per heavy atom. The number of nitrogens with one attached hydrogen (secondary N) is 1. The number of aliphatic hydroxyl groups excluding tert-OH is 1. The molecule has 0 saturated heterocycles. The average molecular weight is 398 g/mol. The fraction of sp³-hybridized carbons (Fsp3) is 0.316. The molecule has 2 rings (SSSR count). The number of para-hydroxylation sites is 1. The normalized spacial score (nSPS) is 13.0. The first-order valence-electron chi connectivity index (χ1n) is 8.14. The number of hydrogen-bond acceptors (Lipinski definition) is 4. The van der Waals surface area contributed by atoms with Crippen LogP contribution < -0.4 is 10.1 Å². The minimum Gasteiger partial charge on any atom is -0.496 e. The van der Waals surface area contributed by atoms with Gasteiger partial charge in [0.05, 0.1) is 29.9 Å². The number of carbonyl (C=O) groups is 1. The molecule has 1 amide bonds. The monoisotopic (exact) mass is 397 g/mol. The molecule has 0 aliphatic carbocycles. The Balaban J connectivity index is 2.35. The van der Waals surface area contributed by atoms with Crippen molar-refractivity contribution in [1.82, 2.24) is 5.32 Å². The van der Waals surface area contributed by atoms with Crippen LogP contribution in [0.3, 0.4) is 0 Å². The zero-order valence-corrected chi connectivity index (χ0v) is 16.1. The Hall–Kier alpha value is -1.95. The summed E-state index contributed by atoms with van der Waals surface area (Å²) in [5.74, 6) is 0.0756. The maximum Gasteiger partial charge on any atom is 0.407 e. The van der Waals surface area contributed by atoms with Crippen LogP contribution in [0.25, 0.3) is 0 Å². The van der Waals surface area contributed by atoms with Crippen molar-refractivity contribution in [2.24, 2.45) is 0 Å². The molecule has 0 heterocycles. The third-order valence-electron chi connectivity index (χ3n) is 3.95. The van der Waals surface area contributed by atoms with E-state index in [1.54, 1.807) is 37.3 Å². The molecular weight excluding hydrogens is 377 g/mol. The van der Waals surface area contributed by atoms with Gasteiger partial charge in [-0.1, -0.05) is 47.5 Å². The van der Waals surface area contributed by atoms with Gasteiger partial charge in [0.25, 0.3) is 0 Å². The van der Waals surface area contributed by atoms with Gasteiger partial charge in [0.15, 0.2) is 0 Å². The van der Waals surface area contributed by atoms with Crippen molar-refractivity contribution in [2.45, 2.75) is 18.9 Å². The lowest BCUT2D eigenvalue weighted by Gasteiger charge is -2.25. The molecule has 0 fully saturated rings. The Kier molecular flexibility index (Phi) is 7.57. The van der Waals surface area contributed by atoms with Crippen LogP contribution in [0.1, 0.15) is 30.1 Å². The quantitative estimate of drug-likeness (QED) is 0.717. The number of halogens is 2. The number of methoxy groups -OCH3 is 1. The number of alkyl carbamates (subject to hydrolysis) is 1. The number of hydrogen-bond donors (Lipinski definition) is 2. The second-order valence-corrected chi connectivity index (χ2v) is 6.38. The van der Waals surface area contributed by atoms with E-state index in [0.717, 1.165) is 5.56 Å². The molecule has 0 aliphatic heterocycles. The first-order chi connectivity index (χ1) is 12.5. The number of aliphatic hydroxyl groups is 1. The zero-order chi connectivity index (χ0) is 19.1. The summed E-state index contributed by atoms with van der Waals surface area (Å²) in [6.07, 6.45) is -1.49. The van der Waals surface area contributed by atoms with E-state index < -0.39 is 18.1 Å². The maximum absolute atomic E-state index is 11.7. The second-order valence-electron chi connectivity index (χ2n) is 5.57. The highest BCUT2D eigenvalue weighted by molar-refractivity contribution is 6.42. The molecule has 0 aromatic heterocycles. The predicted octanol–water partition coefficient (Wildman–Crippen LogP) is 4.57. The van der Waals surface area contributed by atoms with Crippen LogP contribution in [0.2, 0.25) is 10.0 Å². The summed E-state index contributed by atoms with van der Waals surface area (Å²) >= 11 is 12.1. The topological polar surface area (TPSA) is 67.8 Å². The van der Waals surface area contributed by atoms with Crippen LogP contribution in [0.4, 0.5) is 4.79 Å². The van der Waals surface area contributed by atoms with Gasteiger partial charge in [0.2, 0.25) is 0 Å². The number of rotatable bonds is 7. The summed E-state index contributed by atoms with van der Waals surface area (Å²) in [4.78, 5) is 11.7. The molecule has 0 spiro atoms. The highest BCUT2D eigenvalue weighted by Crippen LogP contribution is 2.37. The molecule has 0 aliphatic rings. The van der Waals surface area contributed by atoms with E-state index in [0.29, 0.717) is 21.4 Å². The van der Waals surface area contributed by atoms with Crippen molar-refractivity contribution in [3.63, 3.8) is 0 Å². The van der Waals surface area contributed by atoms with Crippen LogP contribution in [0.5, 0.6) is 5.75 Å². The van der Waals surface area contributed by atoms with Gasteiger partial charge in [-0.3, -0.25) is 0 Å². The van der Waals surface area contributed by atoms with Gasteiger partial charge in [-0.2, -0.15) is 0 Å². The Labute approximate surface area is 162 Å². The van der Waals surface area contributed by atoms with Crippen LogP contribution in [-0.2, 0) is 4.74 Å². The van der Waals surface area contributed by atoms with Gasteiger partial charge in [-0.25, -0.2) is 4.79 Å². The van der Waals surface area contributed by atoms with Crippen molar-refractivity contribution in [1.29, 1.82) is 0 Å². The third kappa shape index (κ3) is 5.04. The molecule has 140 valence electrons. The zero-order valence-electron chi connectivity index (χ0n) is 14.5. The molecule has 2 aromatic rings. The third-order valence-corrected chi connectivity index (χ3v) is 4.69.